The topological polar surface area (TPSA) is 94.1 Å². The maximum atomic E-state index is 10.9. The number of pyridine rings is 1. The van der Waals surface area contributed by atoms with Crippen LogP contribution in [0.2, 0.25) is 0 Å². The summed E-state index contributed by atoms with van der Waals surface area (Å²) in [6.07, 6.45) is 2.03. The molecule has 6 nitrogen and oxygen atoms in total. The van der Waals surface area contributed by atoms with Gasteiger partial charge in [-0.1, -0.05) is 26.7 Å². The first-order chi connectivity index (χ1) is 8.49. The second-order valence-electron chi connectivity index (χ2n) is 4.37. The van der Waals surface area contributed by atoms with Crippen molar-refractivity contribution in [1.29, 1.82) is 0 Å². The summed E-state index contributed by atoms with van der Waals surface area (Å²) in [4.78, 5) is 14.5. The van der Waals surface area contributed by atoms with Gasteiger partial charge in [0, 0.05) is 12.1 Å². The Morgan fingerprint density at radius 3 is 2.56 bits per heavy atom. The number of nitro groups is 1. The molecule has 0 fully saturated rings. The van der Waals surface area contributed by atoms with Crippen LogP contribution in [0.4, 0.5) is 17.3 Å². The monoisotopic (exact) mass is 252 g/mol. The molecular weight excluding hydrogens is 232 g/mol. The summed E-state index contributed by atoms with van der Waals surface area (Å²) in [7, 11) is 0. The fraction of sp³-hybridized carbons (Fsp3) is 0.583. The lowest BCUT2D eigenvalue weighted by molar-refractivity contribution is -0.384. The summed E-state index contributed by atoms with van der Waals surface area (Å²) in [6, 6.07) is 2.93. The molecule has 0 saturated carbocycles. The number of anilines is 2. The van der Waals surface area contributed by atoms with E-state index in [9.17, 15) is 10.1 Å². The lowest BCUT2D eigenvalue weighted by Gasteiger charge is -2.22. The molecule has 0 bridgehead atoms. The van der Waals surface area contributed by atoms with E-state index in [1.54, 1.807) is 0 Å². The molecule has 1 atom stereocenters. The van der Waals surface area contributed by atoms with Crippen molar-refractivity contribution in [3.8, 4) is 0 Å². The standard InChI is InChI=1S/C12H20N4O2/c1-4-9(5-2)8(3)14-12-10(16(17)18)6-7-11(13)15-12/h6-9H,4-5H2,1-3H3,(H3,13,14,15). The minimum Gasteiger partial charge on any atom is -0.384 e. The second kappa shape index (κ2) is 6.18. The van der Waals surface area contributed by atoms with E-state index in [1.165, 1.54) is 12.1 Å². The van der Waals surface area contributed by atoms with E-state index >= 15 is 0 Å². The van der Waals surface area contributed by atoms with Gasteiger partial charge in [-0.25, -0.2) is 4.98 Å². The summed E-state index contributed by atoms with van der Waals surface area (Å²) >= 11 is 0. The molecule has 18 heavy (non-hydrogen) atoms. The van der Waals surface area contributed by atoms with Gasteiger partial charge >= 0.3 is 5.69 Å². The highest BCUT2D eigenvalue weighted by Gasteiger charge is 2.20. The number of hydrogen-bond donors (Lipinski definition) is 2. The van der Waals surface area contributed by atoms with Gasteiger partial charge in [-0.05, 0) is 18.9 Å². The van der Waals surface area contributed by atoms with Crippen molar-refractivity contribution in [2.24, 2.45) is 5.92 Å². The van der Waals surface area contributed by atoms with Gasteiger partial charge in [-0.2, -0.15) is 0 Å². The van der Waals surface area contributed by atoms with Crippen LogP contribution >= 0.6 is 0 Å². The fourth-order valence-electron chi connectivity index (χ4n) is 2.05. The SMILES string of the molecule is CCC(CC)C(C)Nc1nc(N)ccc1[N+](=O)[O-]. The summed E-state index contributed by atoms with van der Waals surface area (Å²) in [5.41, 5.74) is 5.53. The molecule has 6 heteroatoms. The number of aromatic nitrogens is 1. The molecule has 0 aliphatic heterocycles. The number of hydrogen-bond acceptors (Lipinski definition) is 5. The van der Waals surface area contributed by atoms with Crippen molar-refractivity contribution in [1.82, 2.24) is 4.98 Å². The van der Waals surface area contributed by atoms with Crippen molar-refractivity contribution in [3.63, 3.8) is 0 Å². The number of nitrogens with two attached hydrogens (primary N) is 1. The summed E-state index contributed by atoms with van der Waals surface area (Å²) < 4.78 is 0. The highest BCUT2D eigenvalue weighted by Crippen LogP contribution is 2.25. The van der Waals surface area contributed by atoms with Crippen molar-refractivity contribution in [3.05, 3.63) is 22.2 Å². The molecule has 1 aromatic heterocycles. The van der Waals surface area contributed by atoms with Crippen LogP contribution in [0.3, 0.4) is 0 Å². The normalized spacial score (nSPS) is 12.4. The molecule has 0 aromatic carbocycles. The third-order valence-corrected chi connectivity index (χ3v) is 3.21. The van der Waals surface area contributed by atoms with Crippen LogP contribution in [0, 0.1) is 16.0 Å². The smallest absolute Gasteiger partial charge is 0.311 e. The Kier molecular flexibility index (Phi) is 4.88. The zero-order valence-electron chi connectivity index (χ0n) is 11.0. The highest BCUT2D eigenvalue weighted by molar-refractivity contribution is 5.59. The van der Waals surface area contributed by atoms with E-state index in [2.05, 4.69) is 24.1 Å². The Morgan fingerprint density at radius 1 is 1.44 bits per heavy atom. The zero-order chi connectivity index (χ0) is 13.7. The maximum Gasteiger partial charge on any atom is 0.311 e. The Balaban J connectivity index is 2.95. The number of nitrogens with zero attached hydrogens (tertiary/aromatic N) is 2. The van der Waals surface area contributed by atoms with E-state index in [1.807, 2.05) is 6.92 Å². The van der Waals surface area contributed by atoms with Crippen LogP contribution in [-0.2, 0) is 0 Å². The van der Waals surface area contributed by atoms with Crippen molar-refractivity contribution < 1.29 is 4.92 Å². The van der Waals surface area contributed by atoms with E-state index < -0.39 is 4.92 Å². The Morgan fingerprint density at radius 2 is 2.06 bits per heavy atom. The molecule has 3 N–H and O–H groups in total. The molecule has 0 aliphatic rings. The summed E-state index contributed by atoms with van der Waals surface area (Å²) in [5, 5.41) is 14.0. The first-order valence-corrected chi connectivity index (χ1v) is 6.17. The molecule has 0 spiro atoms. The lowest BCUT2D eigenvalue weighted by atomic mass is 9.95. The van der Waals surface area contributed by atoms with Gasteiger partial charge < -0.3 is 11.1 Å². The lowest BCUT2D eigenvalue weighted by Crippen LogP contribution is -2.26. The van der Waals surface area contributed by atoms with Crippen LogP contribution < -0.4 is 11.1 Å². The molecule has 0 saturated heterocycles. The largest absolute Gasteiger partial charge is 0.384 e. The van der Waals surface area contributed by atoms with Crippen LogP contribution in [0.1, 0.15) is 33.6 Å². The molecule has 100 valence electrons. The number of nitrogens with one attached hydrogen (secondary N) is 1. The minimum absolute atomic E-state index is 0.0398. The van der Waals surface area contributed by atoms with Gasteiger partial charge in [0.2, 0.25) is 5.82 Å². The zero-order valence-corrected chi connectivity index (χ0v) is 11.0. The number of nitrogen functional groups attached to an aromatic ring is 1. The van der Waals surface area contributed by atoms with Gasteiger partial charge in [-0.3, -0.25) is 10.1 Å². The van der Waals surface area contributed by atoms with Gasteiger partial charge in [0.05, 0.1) is 4.92 Å². The number of rotatable bonds is 6. The van der Waals surface area contributed by atoms with Crippen molar-refractivity contribution >= 4 is 17.3 Å². The maximum absolute atomic E-state index is 10.9. The van der Waals surface area contributed by atoms with Crippen molar-refractivity contribution in [2.45, 2.75) is 39.7 Å². The Hall–Kier alpha value is -1.85. The second-order valence-corrected chi connectivity index (χ2v) is 4.37. The molecule has 0 aliphatic carbocycles. The van der Waals surface area contributed by atoms with Crippen LogP contribution in [0.25, 0.3) is 0 Å². The van der Waals surface area contributed by atoms with Gasteiger partial charge in [0.15, 0.2) is 0 Å². The minimum atomic E-state index is -0.450. The predicted octanol–water partition coefficient (Wildman–Crippen LogP) is 2.81. The van der Waals surface area contributed by atoms with E-state index in [0.29, 0.717) is 5.92 Å². The Labute approximate surface area is 107 Å². The quantitative estimate of drug-likeness (QED) is 0.599. The third kappa shape index (κ3) is 3.32. The van der Waals surface area contributed by atoms with Crippen LogP contribution in [0.15, 0.2) is 12.1 Å². The molecule has 1 rings (SSSR count). The van der Waals surface area contributed by atoms with E-state index in [4.69, 9.17) is 5.73 Å². The molecule has 0 radical (unpaired) electrons. The predicted molar refractivity (Wildman–Crippen MR) is 72.5 cm³/mol. The van der Waals surface area contributed by atoms with E-state index in [0.717, 1.165) is 12.8 Å². The fourth-order valence-corrected chi connectivity index (χ4v) is 2.05. The molecule has 1 aromatic rings. The first kappa shape index (κ1) is 14.2. The summed E-state index contributed by atoms with van der Waals surface area (Å²) in [6.45, 7) is 6.22. The van der Waals surface area contributed by atoms with E-state index in [-0.39, 0.29) is 23.4 Å². The van der Waals surface area contributed by atoms with Gasteiger partial charge in [0.25, 0.3) is 0 Å². The molecule has 0 amide bonds. The summed E-state index contributed by atoms with van der Waals surface area (Å²) in [5.74, 6) is 0.979. The Bertz CT molecular complexity index is 419. The molecule has 1 heterocycles. The third-order valence-electron chi connectivity index (χ3n) is 3.21. The molecular formula is C12H20N4O2. The van der Waals surface area contributed by atoms with Crippen molar-refractivity contribution in [2.75, 3.05) is 11.1 Å². The molecule has 1 unspecified atom stereocenters. The first-order valence-electron chi connectivity index (χ1n) is 6.17. The average Bonchev–Trinajstić information content (AvgIpc) is 2.30. The van der Waals surface area contributed by atoms with Crippen LogP contribution in [0.5, 0.6) is 0 Å². The highest BCUT2D eigenvalue weighted by atomic mass is 16.6. The van der Waals surface area contributed by atoms with Gasteiger partial charge in [0.1, 0.15) is 5.82 Å². The van der Waals surface area contributed by atoms with Crippen LogP contribution in [-0.4, -0.2) is 15.9 Å². The van der Waals surface area contributed by atoms with Gasteiger partial charge in [-0.15, -0.1) is 0 Å². The average molecular weight is 252 g/mol.